The van der Waals surface area contributed by atoms with Crippen molar-refractivity contribution in [1.29, 1.82) is 0 Å². The Morgan fingerprint density at radius 3 is 2.50 bits per heavy atom. The number of nitrogens with one attached hydrogen (secondary N) is 1. The van der Waals surface area contributed by atoms with Gasteiger partial charge in [0.05, 0.1) is 18.2 Å². The number of amides is 1. The van der Waals surface area contributed by atoms with E-state index < -0.39 is 47.2 Å². The molecule has 0 spiro atoms. The molecule has 1 aliphatic rings. The number of rotatable bonds is 8. The highest BCUT2D eigenvalue weighted by molar-refractivity contribution is 5.80. The molecular formula is C28H34F3N5O2. The van der Waals surface area contributed by atoms with E-state index in [-0.39, 0.29) is 31.0 Å². The first-order valence-electron chi connectivity index (χ1n) is 12.7. The van der Waals surface area contributed by atoms with Gasteiger partial charge in [-0.25, -0.2) is 22.8 Å². The van der Waals surface area contributed by atoms with Crippen LogP contribution in [0.3, 0.4) is 0 Å². The molecule has 4 rings (SSSR count). The molecule has 0 radical (unpaired) electrons. The van der Waals surface area contributed by atoms with Crippen LogP contribution in [0, 0.1) is 23.0 Å². The van der Waals surface area contributed by atoms with Crippen LogP contribution < -0.4 is 5.32 Å². The molecule has 0 unspecified atom stereocenters. The van der Waals surface area contributed by atoms with Crippen molar-refractivity contribution in [2.45, 2.75) is 52.6 Å². The summed E-state index contributed by atoms with van der Waals surface area (Å²) < 4.78 is 45.1. The van der Waals surface area contributed by atoms with Crippen molar-refractivity contribution in [3.63, 3.8) is 0 Å². The maximum Gasteiger partial charge on any atom is 0.251 e. The van der Waals surface area contributed by atoms with Crippen LogP contribution in [0.4, 0.5) is 13.2 Å². The molecule has 1 saturated heterocycles. The van der Waals surface area contributed by atoms with E-state index >= 15 is 0 Å². The molecule has 2 aromatic carbocycles. The van der Waals surface area contributed by atoms with Crippen molar-refractivity contribution in [1.82, 2.24) is 25.0 Å². The van der Waals surface area contributed by atoms with Crippen LogP contribution in [0.5, 0.6) is 0 Å². The standard InChI is InChI=1S/C28H34F3N5O2/c1-17(37)27(38)35(16-19-13-32-14-23(19)31)24(28(2,3)4)26-33-25(21-12-20(29)10-11-22(21)30)34-36(26)15-18-8-6-5-7-9-18/h5-12,17,19,23-24,32,37H,13-16H2,1-4H3/t17-,19-,23-,24-/m0/s1. The van der Waals surface area contributed by atoms with Gasteiger partial charge in [0.15, 0.2) is 11.6 Å². The number of hydrogen-bond acceptors (Lipinski definition) is 5. The molecule has 3 aromatic rings. The summed E-state index contributed by atoms with van der Waals surface area (Å²) in [5.74, 6) is -2.07. The summed E-state index contributed by atoms with van der Waals surface area (Å²) in [6, 6.07) is 11.7. The highest BCUT2D eigenvalue weighted by atomic mass is 19.1. The number of aromatic nitrogens is 3. The summed E-state index contributed by atoms with van der Waals surface area (Å²) in [6.07, 6.45) is -2.49. The van der Waals surface area contributed by atoms with E-state index in [4.69, 9.17) is 0 Å². The van der Waals surface area contributed by atoms with E-state index in [0.29, 0.717) is 12.4 Å². The quantitative estimate of drug-likeness (QED) is 0.459. The molecule has 1 fully saturated rings. The molecule has 1 aliphatic heterocycles. The van der Waals surface area contributed by atoms with Crippen LogP contribution >= 0.6 is 0 Å². The van der Waals surface area contributed by atoms with Gasteiger partial charge in [0.25, 0.3) is 5.91 Å². The molecule has 2 N–H and O–H groups in total. The van der Waals surface area contributed by atoms with Crippen molar-refractivity contribution in [2.75, 3.05) is 19.6 Å². The fourth-order valence-electron chi connectivity index (χ4n) is 4.90. The van der Waals surface area contributed by atoms with Gasteiger partial charge < -0.3 is 15.3 Å². The molecule has 2 heterocycles. The lowest BCUT2D eigenvalue weighted by Crippen LogP contribution is -2.49. The number of aliphatic hydroxyl groups is 1. The van der Waals surface area contributed by atoms with Crippen LogP contribution in [0.2, 0.25) is 0 Å². The number of aliphatic hydroxyl groups excluding tert-OH is 1. The Morgan fingerprint density at radius 1 is 1.18 bits per heavy atom. The van der Waals surface area contributed by atoms with Gasteiger partial charge in [-0.2, -0.15) is 5.10 Å². The predicted molar refractivity (Wildman–Crippen MR) is 138 cm³/mol. The summed E-state index contributed by atoms with van der Waals surface area (Å²) >= 11 is 0. The molecule has 204 valence electrons. The van der Waals surface area contributed by atoms with Crippen molar-refractivity contribution in [3.8, 4) is 11.4 Å². The maximum atomic E-state index is 14.8. The molecule has 4 atom stereocenters. The number of benzene rings is 2. The van der Waals surface area contributed by atoms with Crippen LogP contribution in [-0.2, 0) is 11.3 Å². The second kappa shape index (κ2) is 11.2. The van der Waals surface area contributed by atoms with Crippen LogP contribution in [0.1, 0.15) is 45.1 Å². The summed E-state index contributed by atoms with van der Waals surface area (Å²) in [4.78, 5) is 19.5. The van der Waals surface area contributed by atoms with Gasteiger partial charge in [-0.05, 0) is 36.1 Å². The molecule has 1 amide bonds. The third-order valence-electron chi connectivity index (χ3n) is 6.75. The highest BCUT2D eigenvalue weighted by Gasteiger charge is 2.42. The zero-order valence-electron chi connectivity index (χ0n) is 22.0. The maximum absolute atomic E-state index is 14.8. The van der Waals surface area contributed by atoms with E-state index in [9.17, 15) is 23.1 Å². The first-order valence-corrected chi connectivity index (χ1v) is 12.7. The largest absolute Gasteiger partial charge is 0.384 e. The van der Waals surface area contributed by atoms with Gasteiger partial charge in [0.1, 0.15) is 23.9 Å². The van der Waals surface area contributed by atoms with Gasteiger partial charge in [-0.1, -0.05) is 51.1 Å². The third-order valence-corrected chi connectivity index (χ3v) is 6.75. The Kier molecular flexibility index (Phi) is 8.22. The molecule has 0 saturated carbocycles. The zero-order valence-corrected chi connectivity index (χ0v) is 22.0. The van der Waals surface area contributed by atoms with E-state index in [1.807, 2.05) is 51.1 Å². The zero-order chi connectivity index (χ0) is 27.6. The Balaban J connectivity index is 1.88. The topological polar surface area (TPSA) is 83.3 Å². The number of carbonyl (C=O) groups excluding carboxylic acids is 1. The van der Waals surface area contributed by atoms with Gasteiger partial charge in [0.2, 0.25) is 0 Å². The summed E-state index contributed by atoms with van der Waals surface area (Å²) in [7, 11) is 0. The van der Waals surface area contributed by atoms with Crippen LogP contribution in [0.25, 0.3) is 11.4 Å². The van der Waals surface area contributed by atoms with Crippen LogP contribution in [-0.4, -0.2) is 62.6 Å². The average Bonchev–Trinajstić information content (AvgIpc) is 3.45. The number of hydrogen-bond donors (Lipinski definition) is 2. The lowest BCUT2D eigenvalue weighted by atomic mass is 9.84. The monoisotopic (exact) mass is 529 g/mol. The number of halogens is 3. The number of nitrogens with zero attached hydrogens (tertiary/aromatic N) is 4. The predicted octanol–water partition coefficient (Wildman–Crippen LogP) is 4.13. The third kappa shape index (κ3) is 6.07. The van der Waals surface area contributed by atoms with E-state index in [2.05, 4.69) is 15.4 Å². The normalized spacial score (nSPS) is 19.4. The fourth-order valence-corrected chi connectivity index (χ4v) is 4.90. The van der Waals surface area contributed by atoms with E-state index in [1.54, 1.807) is 4.68 Å². The first kappa shape index (κ1) is 27.8. The average molecular weight is 530 g/mol. The molecule has 38 heavy (non-hydrogen) atoms. The molecule has 10 heteroatoms. The summed E-state index contributed by atoms with van der Waals surface area (Å²) in [6.45, 7) is 7.96. The minimum Gasteiger partial charge on any atom is -0.384 e. The molecule has 0 aliphatic carbocycles. The summed E-state index contributed by atoms with van der Waals surface area (Å²) in [5.41, 5.74) is 0.125. The smallest absolute Gasteiger partial charge is 0.251 e. The van der Waals surface area contributed by atoms with Crippen molar-refractivity contribution < 1.29 is 23.1 Å². The second-order valence-corrected chi connectivity index (χ2v) is 10.9. The van der Waals surface area contributed by atoms with E-state index in [0.717, 1.165) is 23.8 Å². The first-order chi connectivity index (χ1) is 18.0. The lowest BCUT2D eigenvalue weighted by Gasteiger charge is -2.41. The Labute approximate surface area is 220 Å². The van der Waals surface area contributed by atoms with Gasteiger partial charge >= 0.3 is 0 Å². The lowest BCUT2D eigenvalue weighted by molar-refractivity contribution is -0.146. The Morgan fingerprint density at radius 2 is 1.89 bits per heavy atom. The van der Waals surface area contributed by atoms with Crippen molar-refractivity contribution in [3.05, 3.63) is 71.6 Å². The molecule has 1 aromatic heterocycles. The SMILES string of the molecule is C[C@H](O)C(=O)N(C[C@@H]1CNC[C@@H]1F)[C@@H](c1nc(-c2cc(F)ccc2F)nn1Cc1ccccc1)C(C)(C)C. The number of carbonyl (C=O) groups is 1. The Hall–Kier alpha value is -3.24. The number of alkyl halides is 1. The Bertz CT molecular complexity index is 1260. The molecular weight excluding hydrogens is 495 g/mol. The second-order valence-electron chi connectivity index (χ2n) is 10.9. The van der Waals surface area contributed by atoms with Crippen LogP contribution in [0.15, 0.2) is 48.5 Å². The molecule has 0 bridgehead atoms. The van der Waals surface area contributed by atoms with E-state index in [1.165, 1.54) is 11.8 Å². The highest BCUT2D eigenvalue weighted by Crippen LogP contribution is 2.40. The fraction of sp³-hybridized carbons (Fsp3) is 0.464. The van der Waals surface area contributed by atoms with Crippen molar-refractivity contribution in [2.24, 2.45) is 11.3 Å². The van der Waals surface area contributed by atoms with Crippen molar-refractivity contribution >= 4 is 5.91 Å². The molecule has 7 nitrogen and oxygen atoms in total. The minimum atomic E-state index is -1.34. The minimum absolute atomic E-state index is 0.0301. The van der Waals surface area contributed by atoms with Gasteiger partial charge in [-0.15, -0.1) is 0 Å². The summed E-state index contributed by atoms with van der Waals surface area (Å²) in [5, 5.41) is 17.9. The van der Waals surface area contributed by atoms with Gasteiger partial charge in [-0.3, -0.25) is 4.79 Å². The van der Waals surface area contributed by atoms with Gasteiger partial charge in [0, 0.05) is 25.6 Å².